The van der Waals surface area contributed by atoms with Crippen molar-refractivity contribution in [2.45, 2.75) is 19.1 Å². The summed E-state index contributed by atoms with van der Waals surface area (Å²) in [6.07, 6.45) is 2.71. The number of aryl methyl sites for hydroxylation is 1. The third-order valence-electron chi connectivity index (χ3n) is 4.81. The van der Waals surface area contributed by atoms with Crippen LogP contribution < -0.4 is 9.47 Å². The summed E-state index contributed by atoms with van der Waals surface area (Å²) in [5.41, 5.74) is 2.20. The average Bonchev–Trinajstić information content (AvgIpc) is 2.72. The van der Waals surface area contributed by atoms with E-state index in [1.54, 1.807) is 37.6 Å². The van der Waals surface area contributed by atoms with Crippen molar-refractivity contribution in [3.8, 4) is 11.5 Å². The van der Waals surface area contributed by atoms with Crippen LogP contribution in [0.5, 0.6) is 11.5 Å². The molecule has 0 unspecified atom stereocenters. The number of benzene rings is 1. The monoisotopic (exact) mass is 372 g/mol. The molecule has 1 saturated heterocycles. The van der Waals surface area contributed by atoms with E-state index in [-0.39, 0.29) is 12.5 Å². The number of pyridine rings is 1. The number of hydrogen-bond acceptors (Lipinski definition) is 6. The van der Waals surface area contributed by atoms with Gasteiger partial charge in [-0.15, -0.1) is 0 Å². The molecule has 1 amide bonds. The summed E-state index contributed by atoms with van der Waals surface area (Å²) < 4.78 is 16.4. The first-order valence-electron chi connectivity index (χ1n) is 8.76. The summed E-state index contributed by atoms with van der Waals surface area (Å²) in [6, 6.07) is 6.82. The third-order valence-corrected chi connectivity index (χ3v) is 4.81. The molecule has 0 saturated carbocycles. The zero-order valence-electron chi connectivity index (χ0n) is 15.7. The molecule has 0 aliphatic carbocycles. The Balaban J connectivity index is 2.02. The van der Waals surface area contributed by atoms with Crippen molar-refractivity contribution < 1.29 is 24.1 Å². The van der Waals surface area contributed by atoms with Gasteiger partial charge in [0.05, 0.1) is 39.0 Å². The van der Waals surface area contributed by atoms with Crippen molar-refractivity contribution in [3.63, 3.8) is 0 Å². The molecule has 0 spiro atoms. The Kier molecular flexibility index (Phi) is 5.93. The van der Waals surface area contributed by atoms with Gasteiger partial charge in [0.1, 0.15) is 6.10 Å². The van der Waals surface area contributed by atoms with E-state index < -0.39 is 12.1 Å². The second-order valence-corrected chi connectivity index (χ2v) is 6.34. The van der Waals surface area contributed by atoms with E-state index in [0.717, 1.165) is 11.1 Å². The van der Waals surface area contributed by atoms with Gasteiger partial charge < -0.3 is 24.2 Å². The Hall–Kier alpha value is -2.64. The van der Waals surface area contributed by atoms with Gasteiger partial charge in [-0.1, -0.05) is 6.07 Å². The molecule has 1 aromatic carbocycles. The highest BCUT2D eigenvalue weighted by molar-refractivity contribution is 5.95. The van der Waals surface area contributed by atoms with Crippen molar-refractivity contribution in [3.05, 3.63) is 53.3 Å². The molecule has 144 valence electrons. The van der Waals surface area contributed by atoms with Crippen LogP contribution >= 0.6 is 0 Å². The minimum atomic E-state index is -0.530. The lowest BCUT2D eigenvalue weighted by molar-refractivity contribution is -0.0812. The number of aromatic nitrogens is 1. The van der Waals surface area contributed by atoms with Crippen LogP contribution in [-0.2, 0) is 4.74 Å². The summed E-state index contributed by atoms with van der Waals surface area (Å²) in [7, 11) is 3.13. The number of carbonyl (C=O) groups is 1. The van der Waals surface area contributed by atoms with Crippen LogP contribution in [0.4, 0.5) is 0 Å². The highest BCUT2D eigenvalue weighted by atomic mass is 16.5. The lowest BCUT2D eigenvalue weighted by Crippen LogP contribution is -2.49. The first-order chi connectivity index (χ1) is 13.1. The van der Waals surface area contributed by atoms with Crippen molar-refractivity contribution in [1.82, 2.24) is 9.88 Å². The minimum Gasteiger partial charge on any atom is -0.493 e. The lowest BCUT2D eigenvalue weighted by Gasteiger charge is -2.41. The summed E-state index contributed by atoms with van der Waals surface area (Å²) in [5, 5.41) is 9.84. The summed E-state index contributed by atoms with van der Waals surface area (Å²) in [5.74, 6) is 1.02. The normalized spacial score (nSPS) is 19.6. The van der Waals surface area contributed by atoms with Crippen molar-refractivity contribution in [1.29, 1.82) is 0 Å². The maximum Gasteiger partial charge on any atom is 0.256 e. The van der Waals surface area contributed by atoms with Crippen LogP contribution in [0.3, 0.4) is 0 Å². The molecule has 0 bridgehead atoms. The van der Waals surface area contributed by atoms with E-state index in [4.69, 9.17) is 14.2 Å². The molecule has 7 heteroatoms. The zero-order chi connectivity index (χ0) is 19.4. The van der Waals surface area contributed by atoms with Gasteiger partial charge in [-0.25, -0.2) is 0 Å². The molecule has 1 fully saturated rings. The molecule has 3 rings (SSSR count). The number of nitrogens with zero attached hydrogens (tertiary/aromatic N) is 2. The molecule has 1 aliphatic rings. The largest absolute Gasteiger partial charge is 0.493 e. The van der Waals surface area contributed by atoms with Gasteiger partial charge in [0.15, 0.2) is 11.5 Å². The zero-order valence-corrected chi connectivity index (χ0v) is 15.7. The van der Waals surface area contributed by atoms with Gasteiger partial charge in [-0.3, -0.25) is 9.78 Å². The SMILES string of the molecule is COc1ccc([C@@H]2[C@@H](CO)OCCN2C(=O)c2cnccc2C)cc1OC. The number of aliphatic hydroxyl groups excluding tert-OH is 1. The first-order valence-corrected chi connectivity index (χ1v) is 8.76. The molecule has 1 aromatic heterocycles. The Bertz CT molecular complexity index is 811. The quantitative estimate of drug-likeness (QED) is 0.864. The van der Waals surface area contributed by atoms with Crippen LogP contribution in [0.25, 0.3) is 0 Å². The molecular weight excluding hydrogens is 348 g/mol. The molecule has 1 N–H and O–H groups in total. The van der Waals surface area contributed by atoms with Gasteiger partial charge in [-0.2, -0.15) is 0 Å². The summed E-state index contributed by atoms with van der Waals surface area (Å²) in [6.45, 7) is 2.46. The Morgan fingerprint density at radius 2 is 2.07 bits per heavy atom. The molecule has 2 aromatic rings. The van der Waals surface area contributed by atoms with E-state index in [2.05, 4.69) is 4.98 Å². The number of rotatable bonds is 5. The van der Waals surface area contributed by atoms with Crippen LogP contribution in [0.2, 0.25) is 0 Å². The van der Waals surface area contributed by atoms with Gasteiger partial charge in [-0.05, 0) is 36.2 Å². The van der Waals surface area contributed by atoms with E-state index in [1.165, 1.54) is 0 Å². The second kappa shape index (κ2) is 8.37. The van der Waals surface area contributed by atoms with Crippen molar-refractivity contribution >= 4 is 5.91 Å². The minimum absolute atomic E-state index is 0.137. The van der Waals surface area contributed by atoms with Gasteiger partial charge in [0, 0.05) is 18.9 Å². The Labute approximate surface area is 158 Å². The highest BCUT2D eigenvalue weighted by Gasteiger charge is 2.37. The summed E-state index contributed by atoms with van der Waals surface area (Å²) >= 11 is 0. The third kappa shape index (κ3) is 3.74. The molecule has 2 heterocycles. The second-order valence-electron chi connectivity index (χ2n) is 6.34. The molecule has 7 nitrogen and oxygen atoms in total. The predicted molar refractivity (Wildman–Crippen MR) is 99.1 cm³/mol. The number of carbonyl (C=O) groups excluding carboxylic acids is 1. The highest BCUT2D eigenvalue weighted by Crippen LogP contribution is 2.36. The topological polar surface area (TPSA) is 81.1 Å². The number of amides is 1. The maximum atomic E-state index is 13.2. The van der Waals surface area contributed by atoms with Crippen LogP contribution in [0, 0.1) is 6.92 Å². The standard InChI is InChI=1S/C20H24N2O5/c1-13-6-7-21-11-15(13)20(24)22-8-9-27-18(12-23)19(22)14-4-5-16(25-2)17(10-14)26-3/h4-7,10-11,18-19,23H,8-9,12H2,1-3H3/t18-,19-/m1/s1. The fourth-order valence-electron chi connectivity index (χ4n) is 3.39. The molecule has 2 atom stereocenters. The number of hydrogen-bond donors (Lipinski definition) is 1. The van der Waals surface area contributed by atoms with Crippen molar-refractivity contribution in [2.24, 2.45) is 0 Å². The van der Waals surface area contributed by atoms with E-state index in [0.29, 0.717) is 30.2 Å². The van der Waals surface area contributed by atoms with E-state index in [9.17, 15) is 9.90 Å². The number of ether oxygens (including phenoxy) is 3. The van der Waals surface area contributed by atoms with Gasteiger partial charge in [0.2, 0.25) is 0 Å². The molecule has 27 heavy (non-hydrogen) atoms. The first kappa shape index (κ1) is 19.1. The van der Waals surface area contributed by atoms with E-state index in [1.807, 2.05) is 25.1 Å². The fourth-order valence-corrected chi connectivity index (χ4v) is 3.39. The summed E-state index contributed by atoms with van der Waals surface area (Å²) in [4.78, 5) is 19.1. The average molecular weight is 372 g/mol. The number of methoxy groups -OCH3 is 2. The fraction of sp³-hybridized carbons (Fsp3) is 0.400. The molecule has 0 radical (unpaired) electrons. The number of morpholine rings is 1. The lowest BCUT2D eigenvalue weighted by atomic mass is 9.96. The van der Waals surface area contributed by atoms with Gasteiger partial charge >= 0.3 is 0 Å². The Morgan fingerprint density at radius 1 is 1.30 bits per heavy atom. The van der Waals surface area contributed by atoms with Crippen LogP contribution in [0.1, 0.15) is 27.5 Å². The Morgan fingerprint density at radius 3 is 2.74 bits per heavy atom. The van der Waals surface area contributed by atoms with Gasteiger partial charge in [0.25, 0.3) is 5.91 Å². The maximum absolute atomic E-state index is 13.2. The van der Waals surface area contributed by atoms with E-state index >= 15 is 0 Å². The number of aliphatic hydroxyl groups is 1. The van der Waals surface area contributed by atoms with Crippen LogP contribution in [-0.4, -0.2) is 61.0 Å². The smallest absolute Gasteiger partial charge is 0.256 e. The molecular formula is C20H24N2O5. The molecule has 1 aliphatic heterocycles. The van der Waals surface area contributed by atoms with Crippen LogP contribution in [0.15, 0.2) is 36.7 Å². The predicted octanol–water partition coefficient (Wildman–Crippen LogP) is 1.98. The van der Waals surface area contributed by atoms with Crippen molar-refractivity contribution in [2.75, 3.05) is 34.0 Å².